The molecule has 0 saturated carbocycles. The summed E-state index contributed by atoms with van der Waals surface area (Å²) in [5.74, 6) is 0. The smallest absolute Gasteiger partial charge is 0.0701 e. The van der Waals surface area contributed by atoms with Crippen LogP contribution in [0.3, 0.4) is 0 Å². The molecule has 0 spiro atoms. The second kappa shape index (κ2) is 6.21. The van der Waals surface area contributed by atoms with Gasteiger partial charge < -0.3 is 9.84 Å². The summed E-state index contributed by atoms with van der Waals surface area (Å²) in [5.41, 5.74) is 0. The quantitative estimate of drug-likeness (QED) is 0.655. The van der Waals surface area contributed by atoms with Crippen molar-refractivity contribution in [3.8, 4) is 0 Å². The standard InChI is InChI=1S/C10H18O2/c11-8-9-12-10-6-4-2-1-3-5-7-10/h1-2,10-11H,3-9H2/b2-1+. The molecule has 0 fully saturated rings. The van der Waals surface area contributed by atoms with E-state index in [4.69, 9.17) is 9.84 Å². The Hall–Kier alpha value is -0.340. The van der Waals surface area contributed by atoms with E-state index in [9.17, 15) is 0 Å². The highest BCUT2D eigenvalue weighted by Crippen LogP contribution is 2.14. The van der Waals surface area contributed by atoms with Crippen molar-refractivity contribution in [1.82, 2.24) is 0 Å². The summed E-state index contributed by atoms with van der Waals surface area (Å²) in [6.07, 6.45) is 10.6. The zero-order valence-electron chi connectivity index (χ0n) is 7.54. The van der Waals surface area contributed by atoms with Gasteiger partial charge in [-0.05, 0) is 32.1 Å². The van der Waals surface area contributed by atoms with Crippen molar-refractivity contribution in [3.05, 3.63) is 12.2 Å². The van der Waals surface area contributed by atoms with Crippen molar-refractivity contribution in [1.29, 1.82) is 0 Å². The van der Waals surface area contributed by atoms with Crippen LogP contribution < -0.4 is 0 Å². The number of allylic oxidation sites excluding steroid dienone is 2. The van der Waals surface area contributed by atoms with Gasteiger partial charge in [0.2, 0.25) is 0 Å². The number of ether oxygens (including phenoxy) is 1. The SMILES string of the molecule is OCCOC1CC/C=C/CCC1. The van der Waals surface area contributed by atoms with Gasteiger partial charge in [-0.25, -0.2) is 0 Å². The van der Waals surface area contributed by atoms with Gasteiger partial charge in [-0.1, -0.05) is 12.2 Å². The summed E-state index contributed by atoms with van der Waals surface area (Å²) in [7, 11) is 0. The van der Waals surface area contributed by atoms with E-state index in [0.29, 0.717) is 12.7 Å². The van der Waals surface area contributed by atoms with Gasteiger partial charge in [0, 0.05) is 0 Å². The third-order valence-electron chi connectivity index (χ3n) is 2.16. The van der Waals surface area contributed by atoms with Crippen molar-refractivity contribution in [2.24, 2.45) is 0 Å². The Bertz CT molecular complexity index is 132. The lowest BCUT2D eigenvalue weighted by molar-refractivity contribution is 0.0186. The largest absolute Gasteiger partial charge is 0.394 e. The van der Waals surface area contributed by atoms with Crippen molar-refractivity contribution in [3.63, 3.8) is 0 Å². The van der Waals surface area contributed by atoms with Crippen LogP contribution in [0, 0.1) is 0 Å². The molecule has 0 radical (unpaired) electrons. The van der Waals surface area contributed by atoms with Crippen molar-refractivity contribution >= 4 is 0 Å². The Labute approximate surface area is 74.2 Å². The summed E-state index contributed by atoms with van der Waals surface area (Å²) in [4.78, 5) is 0. The molecule has 2 heteroatoms. The summed E-state index contributed by atoms with van der Waals surface area (Å²) in [6.45, 7) is 0.640. The maximum absolute atomic E-state index is 8.58. The van der Waals surface area contributed by atoms with Crippen LogP contribution in [-0.4, -0.2) is 24.4 Å². The molecule has 1 N–H and O–H groups in total. The zero-order chi connectivity index (χ0) is 8.65. The van der Waals surface area contributed by atoms with Crippen LogP contribution in [0.1, 0.15) is 32.1 Å². The van der Waals surface area contributed by atoms with E-state index in [-0.39, 0.29) is 6.61 Å². The average Bonchev–Trinajstić information content (AvgIpc) is 2.02. The van der Waals surface area contributed by atoms with Crippen LogP contribution in [0.4, 0.5) is 0 Å². The van der Waals surface area contributed by atoms with Gasteiger partial charge in [0.15, 0.2) is 0 Å². The zero-order valence-corrected chi connectivity index (χ0v) is 7.54. The maximum Gasteiger partial charge on any atom is 0.0701 e. The van der Waals surface area contributed by atoms with Crippen molar-refractivity contribution in [2.75, 3.05) is 13.2 Å². The second-order valence-electron chi connectivity index (χ2n) is 3.20. The van der Waals surface area contributed by atoms with Gasteiger partial charge >= 0.3 is 0 Å². The van der Waals surface area contributed by atoms with E-state index < -0.39 is 0 Å². The van der Waals surface area contributed by atoms with Crippen LogP contribution in [-0.2, 0) is 4.74 Å². The molecule has 1 aliphatic carbocycles. The first-order chi connectivity index (χ1) is 5.93. The third-order valence-corrected chi connectivity index (χ3v) is 2.16. The first kappa shape index (κ1) is 9.75. The molecule has 0 bridgehead atoms. The topological polar surface area (TPSA) is 29.5 Å². The molecular formula is C10H18O2. The molecule has 1 unspecified atom stereocenters. The molecule has 0 aromatic rings. The molecule has 2 nitrogen and oxygen atoms in total. The predicted molar refractivity (Wildman–Crippen MR) is 49.1 cm³/mol. The minimum atomic E-state index is 0.145. The fourth-order valence-corrected chi connectivity index (χ4v) is 1.51. The highest BCUT2D eigenvalue weighted by Gasteiger charge is 2.08. The first-order valence-corrected chi connectivity index (χ1v) is 4.81. The highest BCUT2D eigenvalue weighted by atomic mass is 16.5. The molecule has 0 amide bonds. The Morgan fingerprint density at radius 3 is 2.92 bits per heavy atom. The van der Waals surface area contributed by atoms with E-state index in [2.05, 4.69) is 12.2 Å². The summed E-state index contributed by atoms with van der Waals surface area (Å²) in [5, 5.41) is 8.58. The van der Waals surface area contributed by atoms with Gasteiger partial charge in [0.25, 0.3) is 0 Å². The highest BCUT2D eigenvalue weighted by molar-refractivity contribution is 4.85. The van der Waals surface area contributed by atoms with Crippen LogP contribution >= 0.6 is 0 Å². The number of aliphatic hydroxyl groups is 1. The Morgan fingerprint density at radius 1 is 1.25 bits per heavy atom. The Morgan fingerprint density at radius 2 is 2.08 bits per heavy atom. The van der Waals surface area contributed by atoms with Crippen LogP contribution in [0.2, 0.25) is 0 Å². The summed E-state index contributed by atoms with van der Waals surface area (Å²) < 4.78 is 5.48. The van der Waals surface area contributed by atoms with Gasteiger partial charge in [-0.3, -0.25) is 0 Å². The fourth-order valence-electron chi connectivity index (χ4n) is 1.51. The van der Waals surface area contributed by atoms with Crippen LogP contribution in [0.25, 0.3) is 0 Å². The van der Waals surface area contributed by atoms with Crippen LogP contribution in [0.5, 0.6) is 0 Å². The molecule has 0 aliphatic heterocycles. The van der Waals surface area contributed by atoms with Crippen molar-refractivity contribution < 1.29 is 9.84 Å². The van der Waals surface area contributed by atoms with Gasteiger partial charge in [0.1, 0.15) is 0 Å². The molecule has 1 atom stereocenters. The second-order valence-corrected chi connectivity index (χ2v) is 3.20. The average molecular weight is 170 g/mol. The monoisotopic (exact) mass is 170 g/mol. The van der Waals surface area contributed by atoms with E-state index in [1.807, 2.05) is 0 Å². The van der Waals surface area contributed by atoms with Gasteiger partial charge in [0.05, 0.1) is 19.3 Å². The third kappa shape index (κ3) is 3.88. The Balaban J connectivity index is 2.18. The van der Waals surface area contributed by atoms with Crippen LogP contribution in [0.15, 0.2) is 12.2 Å². The minimum absolute atomic E-state index is 0.145. The van der Waals surface area contributed by atoms with E-state index in [0.717, 1.165) is 19.3 Å². The van der Waals surface area contributed by atoms with E-state index in [1.165, 1.54) is 12.8 Å². The fraction of sp³-hybridized carbons (Fsp3) is 0.800. The molecule has 0 heterocycles. The van der Waals surface area contributed by atoms with Gasteiger partial charge in [-0.15, -0.1) is 0 Å². The lowest BCUT2D eigenvalue weighted by Crippen LogP contribution is -2.15. The summed E-state index contributed by atoms with van der Waals surface area (Å²) in [6, 6.07) is 0. The molecule has 0 aromatic heterocycles. The number of rotatable bonds is 3. The van der Waals surface area contributed by atoms with Crippen molar-refractivity contribution in [2.45, 2.75) is 38.2 Å². The number of hydrogen-bond donors (Lipinski definition) is 1. The lowest BCUT2D eigenvalue weighted by Gasteiger charge is -2.17. The normalized spacial score (nSPS) is 27.6. The molecule has 12 heavy (non-hydrogen) atoms. The van der Waals surface area contributed by atoms with E-state index in [1.54, 1.807) is 0 Å². The summed E-state index contributed by atoms with van der Waals surface area (Å²) >= 11 is 0. The van der Waals surface area contributed by atoms with E-state index >= 15 is 0 Å². The molecular weight excluding hydrogens is 152 g/mol. The number of aliphatic hydroxyl groups excluding tert-OH is 1. The molecule has 0 saturated heterocycles. The molecule has 1 aliphatic rings. The van der Waals surface area contributed by atoms with Gasteiger partial charge in [-0.2, -0.15) is 0 Å². The predicted octanol–water partition coefficient (Wildman–Crippen LogP) is 1.88. The molecule has 0 aromatic carbocycles. The Kier molecular flexibility index (Phi) is 5.04. The first-order valence-electron chi connectivity index (χ1n) is 4.81. The molecule has 1 rings (SSSR count). The lowest BCUT2D eigenvalue weighted by atomic mass is 10.0. The maximum atomic E-state index is 8.58. The number of hydrogen-bond acceptors (Lipinski definition) is 2. The minimum Gasteiger partial charge on any atom is -0.394 e. The molecule has 70 valence electrons.